The Morgan fingerprint density at radius 1 is 1.41 bits per heavy atom. The second kappa shape index (κ2) is 5.29. The quantitative estimate of drug-likeness (QED) is 0.658. The topological polar surface area (TPSA) is 42.4 Å². The molecule has 0 radical (unpaired) electrons. The zero-order valence-electron chi connectivity index (χ0n) is 7.93. The summed E-state index contributed by atoms with van der Waals surface area (Å²) in [5.74, 6) is -0.842. The van der Waals surface area contributed by atoms with Gasteiger partial charge >= 0.3 is 6.36 Å². The highest BCUT2D eigenvalue weighted by molar-refractivity contribution is 14.1. The normalized spacial score (nSPS) is 12.0. The van der Waals surface area contributed by atoms with Crippen LogP contribution >= 0.6 is 22.6 Å². The summed E-state index contributed by atoms with van der Waals surface area (Å²) in [5.41, 5.74) is -1.13. The van der Waals surface area contributed by atoms with Gasteiger partial charge in [0.1, 0.15) is 5.69 Å². The third-order valence-corrected chi connectivity index (χ3v) is 2.71. The molecule has 0 saturated heterocycles. The van der Waals surface area contributed by atoms with E-state index in [0.29, 0.717) is 0 Å². The van der Waals surface area contributed by atoms with Crippen molar-refractivity contribution in [3.8, 4) is 5.75 Å². The van der Waals surface area contributed by atoms with Crippen LogP contribution in [-0.4, -0.2) is 16.5 Å². The van der Waals surface area contributed by atoms with Gasteiger partial charge in [-0.15, -0.1) is 13.2 Å². The SMILES string of the molecule is OCc1cnc(C(F)F)c(I)c1OC(F)(F)F. The lowest BCUT2D eigenvalue weighted by Gasteiger charge is -2.15. The van der Waals surface area contributed by atoms with Crippen molar-refractivity contribution >= 4 is 22.6 Å². The third kappa shape index (κ3) is 3.63. The Labute approximate surface area is 106 Å². The Morgan fingerprint density at radius 2 is 2.00 bits per heavy atom. The molecule has 1 aromatic heterocycles. The van der Waals surface area contributed by atoms with Crippen LogP contribution in [0.2, 0.25) is 0 Å². The van der Waals surface area contributed by atoms with Gasteiger partial charge in [0.2, 0.25) is 0 Å². The third-order valence-electron chi connectivity index (χ3n) is 1.67. The molecule has 0 fully saturated rings. The standard InChI is InChI=1S/C8H5F5INO2/c9-7(10)5-4(14)6(17-8(11,12)13)3(2-16)1-15-5/h1,7,16H,2H2. The van der Waals surface area contributed by atoms with E-state index in [1.807, 2.05) is 0 Å². The van der Waals surface area contributed by atoms with Gasteiger partial charge in [0.25, 0.3) is 6.43 Å². The summed E-state index contributed by atoms with van der Waals surface area (Å²) in [6, 6.07) is 0. The molecule has 1 aromatic rings. The van der Waals surface area contributed by atoms with Crippen molar-refractivity contribution in [3.05, 3.63) is 21.0 Å². The summed E-state index contributed by atoms with van der Waals surface area (Å²) in [5, 5.41) is 8.79. The van der Waals surface area contributed by atoms with Crippen molar-refractivity contribution < 1.29 is 31.8 Å². The van der Waals surface area contributed by atoms with Crippen molar-refractivity contribution in [2.45, 2.75) is 19.4 Å². The van der Waals surface area contributed by atoms with Crippen LogP contribution in [0.3, 0.4) is 0 Å². The van der Waals surface area contributed by atoms with Gasteiger partial charge in [0.05, 0.1) is 10.2 Å². The molecular weight excluding hydrogens is 364 g/mol. The Balaban J connectivity index is 3.28. The number of hydrogen-bond donors (Lipinski definition) is 1. The number of alkyl halides is 5. The van der Waals surface area contributed by atoms with Crippen LogP contribution in [-0.2, 0) is 6.61 Å². The number of halogens is 6. The smallest absolute Gasteiger partial charge is 0.404 e. The molecule has 0 aromatic carbocycles. The molecule has 17 heavy (non-hydrogen) atoms. The van der Waals surface area contributed by atoms with Gasteiger partial charge in [0, 0.05) is 11.8 Å². The maximum Gasteiger partial charge on any atom is 0.573 e. The molecule has 3 nitrogen and oxygen atoms in total. The summed E-state index contributed by atoms with van der Waals surface area (Å²) < 4.78 is 64.1. The first-order valence-corrected chi connectivity index (χ1v) is 5.16. The van der Waals surface area contributed by atoms with Gasteiger partial charge in [-0.05, 0) is 22.6 Å². The van der Waals surface area contributed by atoms with Crippen molar-refractivity contribution in [2.24, 2.45) is 0 Å². The first-order chi connectivity index (χ1) is 7.76. The molecular formula is C8H5F5INO2. The highest BCUT2D eigenvalue weighted by Crippen LogP contribution is 2.35. The average molecular weight is 369 g/mol. The van der Waals surface area contributed by atoms with E-state index in [1.165, 1.54) is 22.6 Å². The number of aromatic nitrogens is 1. The largest absolute Gasteiger partial charge is 0.573 e. The lowest BCUT2D eigenvalue weighted by Crippen LogP contribution is -2.20. The fourth-order valence-corrected chi connectivity index (χ4v) is 1.84. The average Bonchev–Trinajstić information content (AvgIpc) is 2.18. The molecule has 0 aliphatic carbocycles. The van der Waals surface area contributed by atoms with E-state index in [2.05, 4.69) is 9.72 Å². The summed E-state index contributed by atoms with van der Waals surface area (Å²) in [6.07, 6.45) is -7.32. The van der Waals surface area contributed by atoms with Crippen molar-refractivity contribution in [1.29, 1.82) is 0 Å². The van der Waals surface area contributed by atoms with Crippen LogP contribution in [0, 0.1) is 3.57 Å². The van der Waals surface area contributed by atoms with E-state index >= 15 is 0 Å². The number of ether oxygens (including phenoxy) is 1. The van der Waals surface area contributed by atoms with Crippen LogP contribution in [0.15, 0.2) is 6.20 Å². The lowest BCUT2D eigenvalue weighted by atomic mass is 10.2. The van der Waals surface area contributed by atoms with Gasteiger partial charge in [-0.1, -0.05) is 0 Å². The maximum atomic E-state index is 12.4. The molecule has 0 spiro atoms. The van der Waals surface area contributed by atoms with Gasteiger partial charge < -0.3 is 9.84 Å². The van der Waals surface area contributed by atoms with Crippen LogP contribution in [0.1, 0.15) is 17.7 Å². The summed E-state index contributed by atoms with van der Waals surface area (Å²) >= 11 is 1.27. The zero-order chi connectivity index (χ0) is 13.2. The number of pyridine rings is 1. The molecule has 1 N–H and O–H groups in total. The molecule has 0 atom stereocenters. The lowest BCUT2D eigenvalue weighted by molar-refractivity contribution is -0.275. The molecule has 1 rings (SSSR count). The monoisotopic (exact) mass is 369 g/mol. The van der Waals surface area contributed by atoms with E-state index in [4.69, 9.17) is 5.11 Å². The predicted octanol–water partition coefficient (Wildman–Crippen LogP) is 3.01. The molecule has 0 amide bonds. The summed E-state index contributed by atoms with van der Waals surface area (Å²) in [7, 11) is 0. The summed E-state index contributed by atoms with van der Waals surface area (Å²) in [4.78, 5) is 3.27. The van der Waals surface area contributed by atoms with Gasteiger partial charge in [0.15, 0.2) is 5.75 Å². The molecule has 0 unspecified atom stereocenters. The number of aliphatic hydroxyl groups excluding tert-OH is 1. The van der Waals surface area contributed by atoms with E-state index in [0.717, 1.165) is 6.20 Å². The van der Waals surface area contributed by atoms with Crippen molar-refractivity contribution in [3.63, 3.8) is 0 Å². The second-order valence-corrected chi connectivity index (χ2v) is 3.90. The molecule has 0 aliphatic heterocycles. The highest BCUT2D eigenvalue weighted by Gasteiger charge is 2.34. The predicted molar refractivity (Wildman–Crippen MR) is 54.5 cm³/mol. The number of nitrogens with zero attached hydrogens (tertiary/aromatic N) is 1. The van der Waals surface area contributed by atoms with Crippen LogP contribution in [0.4, 0.5) is 22.0 Å². The van der Waals surface area contributed by atoms with Crippen LogP contribution in [0.25, 0.3) is 0 Å². The zero-order valence-corrected chi connectivity index (χ0v) is 10.1. The molecule has 0 aliphatic rings. The first kappa shape index (κ1) is 14.4. The molecule has 0 saturated carbocycles. The van der Waals surface area contributed by atoms with E-state index in [1.54, 1.807) is 0 Å². The minimum Gasteiger partial charge on any atom is -0.404 e. The number of rotatable bonds is 3. The van der Waals surface area contributed by atoms with Crippen LogP contribution in [0.5, 0.6) is 5.75 Å². The Morgan fingerprint density at radius 3 is 2.41 bits per heavy atom. The molecule has 96 valence electrons. The minimum atomic E-state index is -5.02. The van der Waals surface area contributed by atoms with Crippen molar-refractivity contribution in [2.75, 3.05) is 0 Å². The second-order valence-electron chi connectivity index (χ2n) is 2.82. The van der Waals surface area contributed by atoms with E-state index in [-0.39, 0.29) is 5.56 Å². The number of hydrogen-bond acceptors (Lipinski definition) is 3. The fraction of sp³-hybridized carbons (Fsp3) is 0.375. The van der Waals surface area contributed by atoms with E-state index in [9.17, 15) is 22.0 Å². The Kier molecular flexibility index (Phi) is 4.47. The van der Waals surface area contributed by atoms with E-state index < -0.39 is 34.4 Å². The number of aliphatic hydroxyl groups is 1. The first-order valence-electron chi connectivity index (χ1n) is 4.08. The molecule has 9 heteroatoms. The maximum absolute atomic E-state index is 12.4. The minimum absolute atomic E-state index is 0.309. The fourth-order valence-electron chi connectivity index (χ4n) is 1.01. The Hall–Kier alpha value is -0.710. The van der Waals surface area contributed by atoms with Gasteiger partial charge in [-0.3, -0.25) is 4.98 Å². The molecule has 0 bridgehead atoms. The van der Waals surface area contributed by atoms with Gasteiger partial charge in [-0.2, -0.15) is 0 Å². The highest BCUT2D eigenvalue weighted by atomic mass is 127. The molecule has 1 heterocycles. The Bertz CT molecular complexity index is 410. The van der Waals surface area contributed by atoms with Crippen molar-refractivity contribution in [1.82, 2.24) is 4.98 Å². The van der Waals surface area contributed by atoms with Crippen LogP contribution < -0.4 is 4.74 Å². The summed E-state index contributed by atoms with van der Waals surface area (Å²) in [6.45, 7) is -0.794. The van der Waals surface area contributed by atoms with Gasteiger partial charge in [-0.25, -0.2) is 8.78 Å².